The second kappa shape index (κ2) is 8.37. The molecule has 3 rings (SSSR count). The maximum atomic E-state index is 12.7. The maximum Gasteiger partial charge on any atom is 0.331 e. The first kappa shape index (κ1) is 19.1. The number of amides is 1. The van der Waals surface area contributed by atoms with Crippen LogP contribution in [0.2, 0.25) is 0 Å². The van der Waals surface area contributed by atoms with Crippen LogP contribution < -0.4 is 16.6 Å². The minimum Gasteiger partial charge on any atom is -0.352 e. The lowest BCUT2D eigenvalue weighted by atomic mass is 9.78. The first-order valence-corrected chi connectivity index (χ1v) is 9.59. The van der Waals surface area contributed by atoms with Crippen LogP contribution in [0, 0.1) is 11.8 Å². The number of rotatable bonds is 5. The van der Waals surface area contributed by atoms with Crippen molar-refractivity contribution in [1.29, 1.82) is 0 Å². The maximum absolute atomic E-state index is 12.7. The van der Waals surface area contributed by atoms with E-state index in [-0.39, 0.29) is 18.5 Å². The Morgan fingerprint density at radius 2 is 1.85 bits per heavy atom. The summed E-state index contributed by atoms with van der Waals surface area (Å²) in [5.74, 6) is 0.675. The van der Waals surface area contributed by atoms with E-state index in [1.165, 1.54) is 23.3 Å². The molecule has 1 saturated carbocycles. The number of carbonyl (C=O) groups is 1. The van der Waals surface area contributed by atoms with Crippen LogP contribution in [-0.4, -0.2) is 21.1 Å². The summed E-state index contributed by atoms with van der Waals surface area (Å²) in [6.07, 6.45) is 4.69. The number of nitrogens with zero attached hydrogens (tertiary/aromatic N) is 2. The summed E-state index contributed by atoms with van der Waals surface area (Å²) in [7, 11) is 0. The Bertz CT molecular complexity index is 901. The second-order valence-corrected chi connectivity index (χ2v) is 7.58. The molecule has 27 heavy (non-hydrogen) atoms. The summed E-state index contributed by atoms with van der Waals surface area (Å²) >= 11 is 0. The standard InChI is InChI=1S/C21H27N3O3/c1-15-7-6-10-18(16(15)2)22-19(25)14-24-20(26)11-12-23(21(24)27)13-17-8-4-3-5-9-17/h3-5,8-9,11-12,15-16,18H,6-7,10,13-14H2,1-2H3,(H,22,25)/t15-,16-,18+/m1/s1. The molecule has 1 amide bonds. The molecule has 1 fully saturated rings. The fourth-order valence-corrected chi connectivity index (χ4v) is 3.78. The van der Waals surface area contributed by atoms with Crippen molar-refractivity contribution in [3.05, 3.63) is 69.0 Å². The summed E-state index contributed by atoms with van der Waals surface area (Å²) in [6.45, 7) is 4.47. The molecule has 6 nitrogen and oxygen atoms in total. The first-order chi connectivity index (χ1) is 13.0. The normalized spacial score (nSPS) is 22.4. The van der Waals surface area contributed by atoms with Gasteiger partial charge in [-0.25, -0.2) is 4.79 Å². The predicted molar refractivity (Wildman–Crippen MR) is 105 cm³/mol. The molecule has 0 bridgehead atoms. The highest BCUT2D eigenvalue weighted by Gasteiger charge is 2.28. The highest BCUT2D eigenvalue weighted by Crippen LogP contribution is 2.29. The van der Waals surface area contributed by atoms with Crippen LogP contribution in [0.4, 0.5) is 0 Å². The van der Waals surface area contributed by atoms with E-state index in [1.54, 1.807) is 0 Å². The lowest BCUT2D eigenvalue weighted by molar-refractivity contribution is -0.123. The van der Waals surface area contributed by atoms with Crippen LogP contribution in [-0.2, 0) is 17.9 Å². The monoisotopic (exact) mass is 369 g/mol. The van der Waals surface area contributed by atoms with Gasteiger partial charge in [-0.3, -0.25) is 18.7 Å². The molecule has 1 aliphatic carbocycles. The van der Waals surface area contributed by atoms with Gasteiger partial charge in [-0.1, -0.05) is 57.0 Å². The van der Waals surface area contributed by atoms with Crippen molar-refractivity contribution < 1.29 is 4.79 Å². The molecule has 1 aromatic carbocycles. The molecule has 6 heteroatoms. The average Bonchev–Trinajstić information content (AvgIpc) is 2.66. The van der Waals surface area contributed by atoms with Crippen molar-refractivity contribution in [1.82, 2.24) is 14.5 Å². The van der Waals surface area contributed by atoms with Crippen LogP contribution in [0.25, 0.3) is 0 Å². The van der Waals surface area contributed by atoms with Crippen LogP contribution in [0.15, 0.2) is 52.2 Å². The Kier molecular flexibility index (Phi) is 5.94. The molecule has 0 aliphatic heterocycles. The highest BCUT2D eigenvalue weighted by atomic mass is 16.2. The minimum absolute atomic E-state index is 0.104. The molecule has 1 aliphatic rings. The Hall–Kier alpha value is -2.63. The van der Waals surface area contributed by atoms with Crippen LogP contribution in [0.3, 0.4) is 0 Å². The number of hydrogen-bond donors (Lipinski definition) is 1. The number of benzene rings is 1. The molecule has 1 N–H and O–H groups in total. The van der Waals surface area contributed by atoms with Gasteiger partial charge in [-0.2, -0.15) is 0 Å². The van der Waals surface area contributed by atoms with Crippen LogP contribution in [0.1, 0.15) is 38.7 Å². The lowest BCUT2D eigenvalue weighted by Crippen LogP contribution is -2.48. The number of aromatic nitrogens is 2. The molecule has 0 radical (unpaired) electrons. The van der Waals surface area contributed by atoms with Crippen molar-refractivity contribution >= 4 is 5.91 Å². The number of hydrogen-bond acceptors (Lipinski definition) is 3. The third-order valence-corrected chi connectivity index (χ3v) is 5.69. The lowest BCUT2D eigenvalue weighted by Gasteiger charge is -2.34. The summed E-state index contributed by atoms with van der Waals surface area (Å²) in [4.78, 5) is 37.3. The van der Waals surface area contributed by atoms with Gasteiger partial charge in [0.1, 0.15) is 6.54 Å². The molecule has 0 unspecified atom stereocenters. The summed E-state index contributed by atoms with van der Waals surface area (Å²) < 4.78 is 2.46. The van der Waals surface area contributed by atoms with Crippen molar-refractivity contribution in [2.24, 2.45) is 11.8 Å². The van der Waals surface area contributed by atoms with E-state index >= 15 is 0 Å². The Morgan fingerprint density at radius 3 is 2.59 bits per heavy atom. The molecule has 3 atom stereocenters. The van der Waals surface area contributed by atoms with Crippen molar-refractivity contribution in [2.45, 2.75) is 52.2 Å². The fourth-order valence-electron chi connectivity index (χ4n) is 3.78. The van der Waals surface area contributed by atoms with Crippen molar-refractivity contribution in [2.75, 3.05) is 0 Å². The van der Waals surface area contributed by atoms with E-state index in [1.807, 2.05) is 30.3 Å². The smallest absolute Gasteiger partial charge is 0.331 e. The van der Waals surface area contributed by atoms with Gasteiger partial charge in [0.2, 0.25) is 5.91 Å². The molecule has 1 heterocycles. The summed E-state index contributed by atoms with van der Waals surface area (Å²) in [5, 5.41) is 3.02. The van der Waals surface area contributed by atoms with Gasteiger partial charge in [0.15, 0.2) is 0 Å². The van der Waals surface area contributed by atoms with Gasteiger partial charge in [-0.15, -0.1) is 0 Å². The third-order valence-electron chi connectivity index (χ3n) is 5.69. The van der Waals surface area contributed by atoms with Crippen LogP contribution >= 0.6 is 0 Å². The molecule has 1 aromatic heterocycles. The van der Waals surface area contributed by atoms with E-state index < -0.39 is 11.2 Å². The molecular weight excluding hydrogens is 342 g/mol. The fraction of sp³-hybridized carbons (Fsp3) is 0.476. The predicted octanol–water partition coefficient (Wildman–Crippen LogP) is 2.00. The number of nitrogens with one attached hydrogen (secondary N) is 1. The van der Waals surface area contributed by atoms with Gasteiger partial charge in [0, 0.05) is 18.3 Å². The quantitative estimate of drug-likeness (QED) is 0.876. The van der Waals surface area contributed by atoms with Crippen molar-refractivity contribution in [3.63, 3.8) is 0 Å². The van der Waals surface area contributed by atoms with Gasteiger partial charge < -0.3 is 5.32 Å². The van der Waals surface area contributed by atoms with Gasteiger partial charge in [0.25, 0.3) is 5.56 Å². The van der Waals surface area contributed by atoms with E-state index in [0.29, 0.717) is 18.4 Å². The Balaban J connectivity index is 1.74. The summed E-state index contributed by atoms with van der Waals surface area (Å²) in [6, 6.07) is 11.0. The largest absolute Gasteiger partial charge is 0.352 e. The van der Waals surface area contributed by atoms with Gasteiger partial charge in [0.05, 0.1) is 6.54 Å². The minimum atomic E-state index is -0.466. The average molecular weight is 369 g/mol. The van der Waals surface area contributed by atoms with E-state index in [4.69, 9.17) is 0 Å². The molecule has 0 spiro atoms. The molecule has 144 valence electrons. The first-order valence-electron chi connectivity index (χ1n) is 9.59. The topological polar surface area (TPSA) is 73.1 Å². The SMILES string of the molecule is C[C@@H]1[C@H](C)CCC[C@@H]1NC(=O)Cn1c(=O)ccn(Cc2ccccc2)c1=O. The molecule has 2 aromatic rings. The second-order valence-electron chi connectivity index (χ2n) is 7.58. The zero-order valence-electron chi connectivity index (χ0n) is 15.9. The van der Waals surface area contributed by atoms with E-state index in [9.17, 15) is 14.4 Å². The highest BCUT2D eigenvalue weighted by molar-refractivity contribution is 5.76. The number of carbonyl (C=O) groups excluding carboxylic acids is 1. The van der Waals surface area contributed by atoms with Crippen LogP contribution in [0.5, 0.6) is 0 Å². The Labute approximate surface area is 158 Å². The van der Waals surface area contributed by atoms with Crippen molar-refractivity contribution in [3.8, 4) is 0 Å². The Morgan fingerprint density at radius 1 is 1.11 bits per heavy atom. The van der Waals surface area contributed by atoms with Gasteiger partial charge >= 0.3 is 5.69 Å². The molecule has 0 saturated heterocycles. The zero-order valence-corrected chi connectivity index (χ0v) is 15.9. The third kappa shape index (κ3) is 4.56. The van der Waals surface area contributed by atoms with Gasteiger partial charge in [-0.05, 0) is 23.8 Å². The van der Waals surface area contributed by atoms with E-state index in [0.717, 1.165) is 23.0 Å². The molecular formula is C21H27N3O3. The zero-order chi connectivity index (χ0) is 19.4. The summed E-state index contributed by atoms with van der Waals surface area (Å²) in [5.41, 5.74) is 0.0374. The van der Waals surface area contributed by atoms with E-state index in [2.05, 4.69) is 19.2 Å².